The van der Waals surface area contributed by atoms with Gasteiger partial charge in [0.25, 0.3) is 0 Å². The molecular weight excluding hydrogens is 270 g/mol. The highest BCUT2D eigenvalue weighted by Gasteiger charge is 2.05. The standard InChI is InChI=1S/C16H13NO2S/c1-19-13-6-4-11(5-7-13)12-9-14(17-16(18)10-12)15-3-2-8-20-15/h2-10H,1H3,(H,17,18). The fraction of sp³-hybridized carbons (Fsp3) is 0.0625. The van der Waals surface area contributed by atoms with Gasteiger partial charge in [-0.05, 0) is 40.8 Å². The molecule has 0 aliphatic carbocycles. The molecule has 3 rings (SSSR count). The van der Waals surface area contributed by atoms with Crippen molar-refractivity contribution in [2.45, 2.75) is 0 Å². The van der Waals surface area contributed by atoms with Crippen molar-refractivity contribution in [1.82, 2.24) is 4.98 Å². The summed E-state index contributed by atoms with van der Waals surface area (Å²) in [6, 6.07) is 15.3. The summed E-state index contributed by atoms with van der Waals surface area (Å²) in [5.41, 5.74) is 2.65. The van der Waals surface area contributed by atoms with Crippen molar-refractivity contribution in [2.75, 3.05) is 7.11 Å². The van der Waals surface area contributed by atoms with Crippen molar-refractivity contribution in [3.8, 4) is 27.4 Å². The summed E-state index contributed by atoms with van der Waals surface area (Å²) in [5, 5.41) is 1.99. The van der Waals surface area contributed by atoms with Crippen LogP contribution in [-0.4, -0.2) is 12.1 Å². The van der Waals surface area contributed by atoms with Crippen molar-refractivity contribution >= 4 is 11.3 Å². The van der Waals surface area contributed by atoms with Crippen molar-refractivity contribution in [3.05, 3.63) is 64.3 Å². The highest BCUT2D eigenvalue weighted by atomic mass is 32.1. The van der Waals surface area contributed by atoms with Crippen molar-refractivity contribution < 1.29 is 4.74 Å². The number of nitrogens with one attached hydrogen (secondary N) is 1. The third kappa shape index (κ3) is 2.51. The Balaban J connectivity index is 2.07. The molecule has 0 aliphatic rings. The van der Waals surface area contributed by atoms with E-state index in [1.54, 1.807) is 24.5 Å². The number of rotatable bonds is 3. The maximum Gasteiger partial charge on any atom is 0.249 e. The third-order valence-corrected chi connectivity index (χ3v) is 3.96. The van der Waals surface area contributed by atoms with E-state index in [4.69, 9.17) is 4.74 Å². The van der Waals surface area contributed by atoms with Crippen LogP contribution < -0.4 is 10.3 Å². The van der Waals surface area contributed by atoms with Crippen LogP contribution in [0.2, 0.25) is 0 Å². The maximum absolute atomic E-state index is 11.8. The first kappa shape index (κ1) is 12.7. The third-order valence-electron chi connectivity index (χ3n) is 3.05. The van der Waals surface area contributed by atoms with E-state index in [0.717, 1.165) is 27.4 Å². The predicted octanol–water partition coefficient (Wildman–Crippen LogP) is 3.78. The average Bonchev–Trinajstić information content (AvgIpc) is 3.01. The zero-order valence-corrected chi connectivity index (χ0v) is 11.7. The Bertz CT molecular complexity index is 758. The molecule has 0 amide bonds. The quantitative estimate of drug-likeness (QED) is 0.795. The Kier molecular flexibility index (Phi) is 3.39. The lowest BCUT2D eigenvalue weighted by atomic mass is 10.1. The van der Waals surface area contributed by atoms with E-state index in [1.165, 1.54) is 0 Å². The first-order chi connectivity index (χ1) is 9.76. The number of H-pyrrole nitrogens is 1. The SMILES string of the molecule is COc1ccc(-c2cc(-c3cccs3)[nH]c(=O)c2)cc1. The summed E-state index contributed by atoms with van der Waals surface area (Å²) in [7, 11) is 1.64. The van der Waals surface area contributed by atoms with Crippen LogP contribution in [0.4, 0.5) is 0 Å². The Hall–Kier alpha value is -2.33. The number of benzene rings is 1. The summed E-state index contributed by atoms with van der Waals surface area (Å²) < 4.78 is 5.15. The van der Waals surface area contributed by atoms with E-state index in [1.807, 2.05) is 47.8 Å². The summed E-state index contributed by atoms with van der Waals surface area (Å²) in [4.78, 5) is 15.8. The number of hydrogen-bond donors (Lipinski definition) is 1. The number of aromatic amines is 1. The topological polar surface area (TPSA) is 42.1 Å². The maximum atomic E-state index is 11.8. The molecule has 3 aromatic rings. The van der Waals surface area contributed by atoms with E-state index < -0.39 is 0 Å². The molecule has 0 radical (unpaired) electrons. The van der Waals surface area contributed by atoms with Gasteiger partial charge in [-0.15, -0.1) is 11.3 Å². The lowest BCUT2D eigenvalue weighted by Crippen LogP contribution is -2.05. The fourth-order valence-corrected chi connectivity index (χ4v) is 2.76. The highest BCUT2D eigenvalue weighted by Crippen LogP contribution is 2.27. The number of ether oxygens (including phenoxy) is 1. The van der Waals surface area contributed by atoms with Crippen LogP contribution >= 0.6 is 11.3 Å². The molecule has 0 aliphatic heterocycles. The van der Waals surface area contributed by atoms with Crippen LogP contribution in [0.25, 0.3) is 21.7 Å². The second kappa shape index (κ2) is 5.35. The van der Waals surface area contributed by atoms with E-state index in [0.29, 0.717) is 0 Å². The Labute approximate surface area is 120 Å². The van der Waals surface area contributed by atoms with Gasteiger partial charge >= 0.3 is 0 Å². The number of aromatic nitrogens is 1. The van der Waals surface area contributed by atoms with Gasteiger partial charge in [0.1, 0.15) is 5.75 Å². The van der Waals surface area contributed by atoms with Crippen LogP contribution in [0.5, 0.6) is 5.75 Å². The molecule has 0 atom stereocenters. The first-order valence-corrected chi connectivity index (χ1v) is 7.07. The van der Waals surface area contributed by atoms with Crippen LogP contribution in [0.3, 0.4) is 0 Å². The molecule has 0 bridgehead atoms. The second-order valence-corrected chi connectivity index (χ2v) is 5.30. The van der Waals surface area contributed by atoms with E-state index in [9.17, 15) is 4.79 Å². The molecule has 2 aromatic heterocycles. The molecule has 0 saturated carbocycles. The van der Waals surface area contributed by atoms with Gasteiger partial charge in [-0.2, -0.15) is 0 Å². The Morgan fingerprint density at radius 1 is 1.05 bits per heavy atom. The number of pyridine rings is 1. The van der Waals surface area contributed by atoms with E-state index in [-0.39, 0.29) is 5.56 Å². The van der Waals surface area contributed by atoms with Crippen LogP contribution in [0.15, 0.2) is 58.7 Å². The Morgan fingerprint density at radius 2 is 1.85 bits per heavy atom. The molecule has 0 saturated heterocycles. The van der Waals surface area contributed by atoms with Gasteiger partial charge in [0.15, 0.2) is 0 Å². The van der Waals surface area contributed by atoms with Gasteiger partial charge in [-0.3, -0.25) is 4.79 Å². The summed E-state index contributed by atoms with van der Waals surface area (Å²) >= 11 is 1.60. The van der Waals surface area contributed by atoms with Crippen LogP contribution in [0.1, 0.15) is 0 Å². The molecule has 3 nitrogen and oxygen atoms in total. The molecule has 1 N–H and O–H groups in total. The second-order valence-electron chi connectivity index (χ2n) is 4.35. The molecular formula is C16H13NO2S. The average molecular weight is 283 g/mol. The van der Waals surface area contributed by atoms with Crippen LogP contribution in [0, 0.1) is 0 Å². The fourth-order valence-electron chi connectivity index (χ4n) is 2.06. The Morgan fingerprint density at radius 3 is 2.50 bits per heavy atom. The predicted molar refractivity (Wildman–Crippen MR) is 82.4 cm³/mol. The number of methoxy groups -OCH3 is 1. The van der Waals surface area contributed by atoms with Gasteiger partial charge in [0, 0.05) is 6.07 Å². The van der Waals surface area contributed by atoms with Crippen molar-refractivity contribution in [3.63, 3.8) is 0 Å². The minimum Gasteiger partial charge on any atom is -0.497 e. The number of hydrogen-bond acceptors (Lipinski definition) is 3. The van der Waals surface area contributed by atoms with Gasteiger partial charge in [0.05, 0.1) is 17.7 Å². The van der Waals surface area contributed by atoms with Gasteiger partial charge in [0.2, 0.25) is 5.56 Å². The molecule has 4 heteroatoms. The van der Waals surface area contributed by atoms with E-state index >= 15 is 0 Å². The van der Waals surface area contributed by atoms with E-state index in [2.05, 4.69) is 4.98 Å². The molecule has 20 heavy (non-hydrogen) atoms. The molecule has 100 valence electrons. The number of thiophene rings is 1. The minimum absolute atomic E-state index is 0.0956. The normalized spacial score (nSPS) is 10.4. The molecule has 0 unspecified atom stereocenters. The zero-order valence-electron chi connectivity index (χ0n) is 10.9. The van der Waals surface area contributed by atoms with Crippen LogP contribution in [-0.2, 0) is 0 Å². The largest absolute Gasteiger partial charge is 0.497 e. The summed E-state index contributed by atoms with van der Waals surface area (Å²) in [5.74, 6) is 0.803. The smallest absolute Gasteiger partial charge is 0.249 e. The molecule has 0 fully saturated rings. The molecule has 2 heterocycles. The van der Waals surface area contributed by atoms with Gasteiger partial charge in [-0.25, -0.2) is 0 Å². The van der Waals surface area contributed by atoms with Crippen molar-refractivity contribution in [1.29, 1.82) is 0 Å². The van der Waals surface area contributed by atoms with Crippen molar-refractivity contribution in [2.24, 2.45) is 0 Å². The van der Waals surface area contributed by atoms with Gasteiger partial charge in [-0.1, -0.05) is 18.2 Å². The first-order valence-electron chi connectivity index (χ1n) is 6.19. The highest BCUT2D eigenvalue weighted by molar-refractivity contribution is 7.13. The zero-order chi connectivity index (χ0) is 13.9. The van der Waals surface area contributed by atoms with Gasteiger partial charge < -0.3 is 9.72 Å². The lowest BCUT2D eigenvalue weighted by Gasteiger charge is -2.05. The summed E-state index contributed by atoms with van der Waals surface area (Å²) in [6.45, 7) is 0. The molecule has 0 spiro atoms. The minimum atomic E-state index is -0.0956. The summed E-state index contributed by atoms with van der Waals surface area (Å²) in [6.07, 6.45) is 0. The monoisotopic (exact) mass is 283 g/mol. The molecule has 1 aromatic carbocycles. The lowest BCUT2D eigenvalue weighted by molar-refractivity contribution is 0.415.